The lowest BCUT2D eigenvalue weighted by atomic mass is 9.81. The van der Waals surface area contributed by atoms with Gasteiger partial charge in [0, 0.05) is 35.2 Å². The van der Waals surface area contributed by atoms with Crippen LogP contribution in [0.25, 0.3) is 22.5 Å². The van der Waals surface area contributed by atoms with Gasteiger partial charge in [-0.3, -0.25) is 14.4 Å². The van der Waals surface area contributed by atoms with Crippen molar-refractivity contribution >= 4 is 23.4 Å². The van der Waals surface area contributed by atoms with E-state index in [1.165, 1.54) is 6.42 Å². The first kappa shape index (κ1) is 32.1. The second-order valence-corrected chi connectivity index (χ2v) is 12.9. The van der Waals surface area contributed by atoms with Crippen LogP contribution in [0.4, 0.5) is 5.69 Å². The van der Waals surface area contributed by atoms with Crippen molar-refractivity contribution in [1.82, 2.24) is 31.3 Å². The summed E-state index contributed by atoms with van der Waals surface area (Å²) in [6.45, 7) is 2.65. The van der Waals surface area contributed by atoms with Gasteiger partial charge in [0.25, 0.3) is 5.91 Å². The van der Waals surface area contributed by atoms with Crippen LogP contribution in [-0.4, -0.2) is 57.0 Å². The van der Waals surface area contributed by atoms with Gasteiger partial charge in [-0.1, -0.05) is 30.3 Å². The average molecular weight is 635 g/mol. The van der Waals surface area contributed by atoms with Crippen molar-refractivity contribution in [2.24, 2.45) is 17.6 Å². The predicted octanol–water partition coefficient (Wildman–Crippen LogP) is 4.56. The number of nitrogens with zero attached hydrogens (tertiary/aromatic N) is 3. The molecule has 0 aliphatic heterocycles. The van der Waals surface area contributed by atoms with E-state index in [0.717, 1.165) is 66.3 Å². The largest absolute Gasteiger partial charge is 0.349 e. The Balaban J connectivity index is 1.15. The Hall–Kier alpha value is -4.90. The van der Waals surface area contributed by atoms with E-state index in [2.05, 4.69) is 36.6 Å². The molecule has 244 valence electrons. The monoisotopic (exact) mass is 634 g/mol. The van der Waals surface area contributed by atoms with Crippen molar-refractivity contribution in [3.8, 4) is 22.5 Å². The number of amides is 3. The highest BCUT2D eigenvalue weighted by molar-refractivity contribution is 5.98. The number of aromatic nitrogens is 4. The first-order valence-corrected chi connectivity index (χ1v) is 16.5. The van der Waals surface area contributed by atoms with Crippen molar-refractivity contribution in [2.45, 2.75) is 70.4 Å². The lowest BCUT2D eigenvalue weighted by Crippen LogP contribution is -2.48. The average Bonchev–Trinajstić information content (AvgIpc) is 3.62. The molecule has 11 nitrogen and oxygen atoms in total. The highest BCUT2D eigenvalue weighted by Crippen LogP contribution is 2.29. The van der Waals surface area contributed by atoms with Gasteiger partial charge in [0.1, 0.15) is 6.04 Å². The number of anilines is 1. The summed E-state index contributed by atoms with van der Waals surface area (Å²) in [5.74, 6) is 0.438. The van der Waals surface area contributed by atoms with Gasteiger partial charge in [-0.05, 0) is 133 Å². The molecule has 1 atom stereocenters. The molecule has 0 spiro atoms. The molecule has 11 heteroatoms. The second kappa shape index (κ2) is 14.7. The third-order valence-electron chi connectivity index (χ3n) is 9.59. The number of hydrogen-bond acceptors (Lipinski definition) is 7. The Morgan fingerprint density at radius 2 is 1.64 bits per heavy atom. The van der Waals surface area contributed by atoms with Gasteiger partial charge in [-0.25, -0.2) is 5.10 Å². The Morgan fingerprint density at radius 1 is 0.915 bits per heavy atom. The summed E-state index contributed by atoms with van der Waals surface area (Å²) in [5, 5.41) is 23.0. The van der Waals surface area contributed by atoms with Gasteiger partial charge in [0.2, 0.25) is 11.8 Å². The molecular formula is C36H42N8O3. The molecule has 6 rings (SSSR count). The Bertz CT molecular complexity index is 1680. The molecule has 0 radical (unpaired) electrons. The Morgan fingerprint density at radius 3 is 2.26 bits per heavy atom. The summed E-state index contributed by atoms with van der Waals surface area (Å²) in [6.07, 6.45) is 6.99. The zero-order valence-electron chi connectivity index (χ0n) is 26.7. The minimum absolute atomic E-state index is 0.0263. The summed E-state index contributed by atoms with van der Waals surface area (Å²) in [4.78, 5) is 39.7. The van der Waals surface area contributed by atoms with Crippen LogP contribution in [0.5, 0.6) is 0 Å². The molecule has 6 N–H and O–H groups in total. The van der Waals surface area contributed by atoms with E-state index in [1.54, 1.807) is 12.1 Å². The number of aromatic amines is 1. The molecule has 2 aliphatic carbocycles. The van der Waals surface area contributed by atoms with Crippen molar-refractivity contribution < 1.29 is 14.4 Å². The topological polar surface area (TPSA) is 168 Å². The van der Waals surface area contributed by atoms with Gasteiger partial charge in [-0.15, -0.1) is 5.10 Å². The zero-order valence-corrected chi connectivity index (χ0v) is 26.7. The summed E-state index contributed by atoms with van der Waals surface area (Å²) in [5.41, 5.74) is 11.9. The van der Waals surface area contributed by atoms with Gasteiger partial charge in [0.15, 0.2) is 5.82 Å². The van der Waals surface area contributed by atoms with Crippen molar-refractivity contribution in [3.63, 3.8) is 0 Å². The van der Waals surface area contributed by atoms with E-state index in [-0.39, 0.29) is 23.6 Å². The van der Waals surface area contributed by atoms with E-state index in [0.29, 0.717) is 42.0 Å². The van der Waals surface area contributed by atoms with E-state index in [9.17, 15) is 14.4 Å². The number of benzene rings is 3. The van der Waals surface area contributed by atoms with Gasteiger partial charge in [-0.2, -0.15) is 0 Å². The van der Waals surface area contributed by atoms with E-state index in [1.807, 2.05) is 61.5 Å². The first-order chi connectivity index (χ1) is 22.9. The number of carbonyl (C=O) groups excluding carboxylic acids is 3. The van der Waals surface area contributed by atoms with Crippen LogP contribution in [0, 0.1) is 18.8 Å². The molecule has 3 aromatic carbocycles. The molecule has 2 aliphatic rings. The maximum atomic E-state index is 13.6. The van der Waals surface area contributed by atoms with Gasteiger partial charge in [0.05, 0.1) is 0 Å². The minimum atomic E-state index is -0.770. The SMILES string of the molecule is Cc1cc(C(=O)NC2CCC2)ccc1-c1ccc(CC(NC(=O)[C@H]2CC[C@H](CN)CC2)C(=O)Nc2ccc(-c3nnn[nH]3)cc2)cc1. The number of nitrogens with two attached hydrogens (primary N) is 1. The fraction of sp³-hybridized carbons (Fsp3) is 0.389. The van der Waals surface area contributed by atoms with Crippen LogP contribution in [0.2, 0.25) is 0 Å². The Labute approximate surface area is 274 Å². The molecule has 4 aromatic rings. The lowest BCUT2D eigenvalue weighted by molar-refractivity contribution is -0.130. The fourth-order valence-corrected chi connectivity index (χ4v) is 6.39. The van der Waals surface area contributed by atoms with Crippen molar-refractivity contribution in [2.75, 3.05) is 11.9 Å². The molecule has 0 saturated heterocycles. The maximum Gasteiger partial charge on any atom is 0.251 e. The number of hydrogen-bond donors (Lipinski definition) is 5. The molecule has 3 amide bonds. The summed E-state index contributed by atoms with van der Waals surface area (Å²) in [6, 6.07) is 20.5. The number of H-pyrrole nitrogens is 1. The van der Waals surface area contributed by atoms with Crippen LogP contribution in [0.1, 0.15) is 66.4 Å². The Kier molecular flexibility index (Phi) is 10.0. The predicted molar refractivity (Wildman–Crippen MR) is 180 cm³/mol. The number of nitrogens with one attached hydrogen (secondary N) is 4. The summed E-state index contributed by atoms with van der Waals surface area (Å²) in [7, 11) is 0. The smallest absolute Gasteiger partial charge is 0.251 e. The highest BCUT2D eigenvalue weighted by Gasteiger charge is 2.29. The molecule has 2 saturated carbocycles. The first-order valence-electron chi connectivity index (χ1n) is 16.5. The van der Waals surface area contributed by atoms with Crippen LogP contribution in [0.3, 0.4) is 0 Å². The maximum absolute atomic E-state index is 13.6. The van der Waals surface area contributed by atoms with E-state index < -0.39 is 6.04 Å². The standard InChI is InChI=1S/C36H42N8O3/c1-22-19-28(35(46)38-29-3-2-4-29)15-18-31(22)25-9-5-23(6-10-25)20-32(40-34(45)27-11-7-24(21-37)8-12-27)36(47)39-30-16-13-26(14-17-30)33-41-43-44-42-33/h5-6,9-10,13-19,24,27,29,32H,2-4,7-8,11-12,20-21,37H2,1H3,(H,38,46)(H,39,47)(H,40,45)(H,41,42,43,44)/t24-,27-,32?. The second-order valence-electron chi connectivity index (χ2n) is 12.9. The van der Waals surface area contributed by atoms with Crippen LogP contribution >= 0.6 is 0 Å². The molecule has 1 aromatic heterocycles. The number of rotatable bonds is 11. The molecule has 47 heavy (non-hydrogen) atoms. The lowest BCUT2D eigenvalue weighted by Gasteiger charge is -2.28. The number of tetrazole rings is 1. The third kappa shape index (κ3) is 7.91. The van der Waals surface area contributed by atoms with E-state index >= 15 is 0 Å². The third-order valence-corrected chi connectivity index (χ3v) is 9.59. The van der Waals surface area contributed by atoms with Gasteiger partial charge >= 0.3 is 0 Å². The van der Waals surface area contributed by atoms with Crippen LogP contribution in [0.15, 0.2) is 66.7 Å². The highest BCUT2D eigenvalue weighted by atomic mass is 16.2. The zero-order chi connectivity index (χ0) is 32.8. The van der Waals surface area contributed by atoms with Crippen molar-refractivity contribution in [3.05, 3.63) is 83.4 Å². The molecule has 1 heterocycles. The molecular weight excluding hydrogens is 592 g/mol. The molecule has 2 fully saturated rings. The number of aryl methyl sites for hydroxylation is 1. The van der Waals surface area contributed by atoms with Crippen LogP contribution < -0.4 is 21.7 Å². The quantitative estimate of drug-likeness (QED) is 0.161. The van der Waals surface area contributed by atoms with E-state index in [4.69, 9.17) is 5.73 Å². The summed E-state index contributed by atoms with van der Waals surface area (Å²) >= 11 is 0. The molecule has 0 bridgehead atoms. The summed E-state index contributed by atoms with van der Waals surface area (Å²) < 4.78 is 0. The number of carbonyl (C=O) groups is 3. The van der Waals surface area contributed by atoms with Crippen LogP contribution in [-0.2, 0) is 16.0 Å². The fourth-order valence-electron chi connectivity index (χ4n) is 6.39. The van der Waals surface area contributed by atoms with Gasteiger partial charge < -0.3 is 21.7 Å². The normalized spacial score (nSPS) is 18.5. The minimum Gasteiger partial charge on any atom is -0.349 e. The van der Waals surface area contributed by atoms with Crippen molar-refractivity contribution in [1.29, 1.82) is 0 Å². The molecule has 1 unspecified atom stereocenters.